The zero-order valence-corrected chi connectivity index (χ0v) is 12.4. The second-order valence-electron chi connectivity index (χ2n) is 4.45. The van der Waals surface area contributed by atoms with Crippen LogP contribution in [0.5, 0.6) is 0 Å². The lowest BCUT2D eigenvalue weighted by Crippen LogP contribution is -2.26. The lowest BCUT2D eigenvalue weighted by molar-refractivity contribution is 0.356. The largest absolute Gasteiger partial charge is 0.339 e. The van der Waals surface area contributed by atoms with Gasteiger partial charge >= 0.3 is 0 Å². The number of hydrogen-bond donors (Lipinski definition) is 1. The number of likely N-dealkylation sites (N-methyl/N-ethyl adjacent to an activating group) is 1. The molecule has 2 aromatic rings. The van der Waals surface area contributed by atoms with Crippen molar-refractivity contribution < 1.29 is 8.91 Å². The molecule has 1 atom stereocenters. The van der Waals surface area contributed by atoms with Gasteiger partial charge in [-0.05, 0) is 31.7 Å². The zero-order chi connectivity index (χ0) is 14.4. The average molecular weight is 295 g/mol. The van der Waals surface area contributed by atoms with E-state index >= 15 is 0 Å². The number of aromatic nitrogens is 2. The molecular formula is C14H18FN3OS. The summed E-state index contributed by atoms with van der Waals surface area (Å²) < 4.78 is 18.3. The maximum Gasteiger partial charge on any atom is 0.228 e. The number of benzene rings is 1. The smallest absolute Gasteiger partial charge is 0.228 e. The van der Waals surface area contributed by atoms with Crippen molar-refractivity contribution in [1.82, 2.24) is 15.5 Å². The van der Waals surface area contributed by atoms with Crippen LogP contribution in [-0.2, 0) is 12.2 Å². The summed E-state index contributed by atoms with van der Waals surface area (Å²) in [5, 5.41) is 7.15. The topological polar surface area (TPSA) is 51.0 Å². The van der Waals surface area contributed by atoms with E-state index in [1.54, 1.807) is 6.07 Å². The lowest BCUT2D eigenvalue weighted by Gasteiger charge is -2.09. The van der Waals surface area contributed by atoms with Crippen molar-refractivity contribution in [2.24, 2.45) is 0 Å². The Morgan fingerprint density at radius 1 is 1.45 bits per heavy atom. The normalized spacial score (nSPS) is 12.6. The number of nitrogens with one attached hydrogen (secondary N) is 1. The van der Waals surface area contributed by atoms with E-state index in [-0.39, 0.29) is 5.82 Å². The number of thioether (sulfide) groups is 1. The Bertz CT molecular complexity index is 543. The van der Waals surface area contributed by atoms with E-state index in [0.29, 0.717) is 23.5 Å². The predicted molar refractivity (Wildman–Crippen MR) is 77.1 cm³/mol. The van der Waals surface area contributed by atoms with Crippen molar-refractivity contribution in [1.29, 1.82) is 0 Å². The molecule has 0 amide bonds. The van der Waals surface area contributed by atoms with Crippen LogP contribution in [0.4, 0.5) is 4.39 Å². The van der Waals surface area contributed by atoms with E-state index in [1.165, 1.54) is 23.9 Å². The molecule has 1 N–H and O–H groups in total. The summed E-state index contributed by atoms with van der Waals surface area (Å²) >= 11 is 1.49. The minimum absolute atomic E-state index is 0.233. The van der Waals surface area contributed by atoms with Crippen molar-refractivity contribution in [2.45, 2.75) is 36.5 Å². The summed E-state index contributed by atoms with van der Waals surface area (Å²) in [6, 6.07) is 6.83. The van der Waals surface area contributed by atoms with Gasteiger partial charge in [-0.1, -0.05) is 18.1 Å². The monoisotopic (exact) mass is 295 g/mol. The van der Waals surface area contributed by atoms with Gasteiger partial charge in [0.2, 0.25) is 5.89 Å². The number of rotatable bonds is 7. The van der Waals surface area contributed by atoms with Crippen LogP contribution < -0.4 is 5.32 Å². The maximum atomic E-state index is 13.0. The molecule has 0 fully saturated rings. The van der Waals surface area contributed by atoms with Crippen LogP contribution in [-0.4, -0.2) is 23.2 Å². The molecule has 4 nitrogen and oxygen atoms in total. The highest BCUT2D eigenvalue weighted by atomic mass is 32.2. The fraction of sp³-hybridized carbons (Fsp3) is 0.429. The number of halogens is 1. The van der Waals surface area contributed by atoms with Crippen LogP contribution in [0.25, 0.3) is 0 Å². The molecule has 1 unspecified atom stereocenters. The molecule has 1 heterocycles. The zero-order valence-electron chi connectivity index (χ0n) is 11.6. The van der Waals surface area contributed by atoms with E-state index in [0.717, 1.165) is 17.7 Å². The predicted octanol–water partition coefficient (Wildman–Crippen LogP) is 3.04. The first kappa shape index (κ1) is 15.0. The van der Waals surface area contributed by atoms with E-state index in [2.05, 4.69) is 22.4 Å². The molecule has 0 saturated carbocycles. The molecule has 6 heteroatoms. The SMILES string of the molecule is CCC(Cc1nc(CSc2cccc(F)c2)no1)NC. The molecule has 2 rings (SSSR count). The first-order valence-electron chi connectivity index (χ1n) is 6.58. The summed E-state index contributed by atoms with van der Waals surface area (Å²) in [5.41, 5.74) is 0. The molecule has 20 heavy (non-hydrogen) atoms. The fourth-order valence-corrected chi connectivity index (χ4v) is 2.58. The second-order valence-corrected chi connectivity index (χ2v) is 5.50. The molecule has 1 aromatic carbocycles. The van der Waals surface area contributed by atoms with Crippen LogP contribution in [0.3, 0.4) is 0 Å². The highest BCUT2D eigenvalue weighted by molar-refractivity contribution is 7.98. The minimum Gasteiger partial charge on any atom is -0.339 e. The van der Waals surface area contributed by atoms with Gasteiger partial charge in [-0.25, -0.2) is 4.39 Å². The summed E-state index contributed by atoms with van der Waals surface area (Å²) in [7, 11) is 1.92. The Kier molecular flexibility index (Phi) is 5.55. The van der Waals surface area contributed by atoms with Gasteiger partial charge in [0, 0.05) is 17.4 Å². The highest BCUT2D eigenvalue weighted by Crippen LogP contribution is 2.22. The van der Waals surface area contributed by atoms with Crippen LogP contribution in [0.1, 0.15) is 25.1 Å². The number of hydrogen-bond acceptors (Lipinski definition) is 5. The standard InChI is InChI=1S/C14H18FN3OS/c1-3-11(16-2)8-14-17-13(18-19-14)9-20-12-6-4-5-10(15)7-12/h4-7,11,16H,3,8-9H2,1-2H3. The van der Waals surface area contributed by atoms with Gasteiger partial charge in [-0.3, -0.25) is 0 Å². The second kappa shape index (κ2) is 7.40. The van der Waals surface area contributed by atoms with Crippen LogP contribution in [0.15, 0.2) is 33.7 Å². The molecule has 0 aliphatic carbocycles. The Labute approximate surface area is 122 Å². The fourth-order valence-electron chi connectivity index (χ4n) is 1.80. The third-order valence-electron chi connectivity index (χ3n) is 3.00. The summed E-state index contributed by atoms with van der Waals surface area (Å²) in [5.74, 6) is 1.62. The Balaban J connectivity index is 1.89. The van der Waals surface area contributed by atoms with Crippen molar-refractivity contribution in [3.8, 4) is 0 Å². The van der Waals surface area contributed by atoms with Gasteiger partial charge in [-0.2, -0.15) is 4.98 Å². The van der Waals surface area contributed by atoms with E-state index in [4.69, 9.17) is 4.52 Å². The number of nitrogens with zero attached hydrogens (tertiary/aromatic N) is 2. The van der Waals surface area contributed by atoms with Crippen LogP contribution >= 0.6 is 11.8 Å². The van der Waals surface area contributed by atoms with E-state index in [1.807, 2.05) is 13.1 Å². The van der Waals surface area contributed by atoms with Crippen molar-refractivity contribution in [3.63, 3.8) is 0 Å². The Morgan fingerprint density at radius 2 is 2.30 bits per heavy atom. The third-order valence-corrected chi connectivity index (χ3v) is 3.99. The molecule has 0 spiro atoms. The molecule has 0 aliphatic rings. The van der Waals surface area contributed by atoms with Crippen molar-refractivity contribution in [3.05, 3.63) is 41.8 Å². The van der Waals surface area contributed by atoms with Gasteiger partial charge in [0.15, 0.2) is 5.82 Å². The minimum atomic E-state index is -0.233. The molecular weight excluding hydrogens is 277 g/mol. The van der Waals surface area contributed by atoms with Crippen molar-refractivity contribution >= 4 is 11.8 Å². The first-order chi connectivity index (χ1) is 9.71. The van der Waals surface area contributed by atoms with E-state index in [9.17, 15) is 4.39 Å². The molecule has 108 valence electrons. The van der Waals surface area contributed by atoms with Gasteiger partial charge in [0.1, 0.15) is 5.82 Å². The molecule has 0 bridgehead atoms. The highest BCUT2D eigenvalue weighted by Gasteiger charge is 2.11. The average Bonchev–Trinajstić information content (AvgIpc) is 2.90. The van der Waals surface area contributed by atoms with E-state index < -0.39 is 0 Å². The lowest BCUT2D eigenvalue weighted by atomic mass is 10.1. The van der Waals surface area contributed by atoms with Crippen LogP contribution in [0.2, 0.25) is 0 Å². The van der Waals surface area contributed by atoms with Gasteiger partial charge in [0.05, 0.1) is 5.75 Å². The molecule has 1 aromatic heterocycles. The summed E-state index contributed by atoms with van der Waals surface area (Å²) in [4.78, 5) is 5.21. The van der Waals surface area contributed by atoms with Crippen LogP contribution in [0, 0.1) is 5.82 Å². The summed E-state index contributed by atoms with van der Waals surface area (Å²) in [6.07, 6.45) is 1.73. The third kappa shape index (κ3) is 4.31. The van der Waals surface area contributed by atoms with Crippen molar-refractivity contribution in [2.75, 3.05) is 7.05 Å². The van der Waals surface area contributed by atoms with Gasteiger partial charge < -0.3 is 9.84 Å². The first-order valence-corrected chi connectivity index (χ1v) is 7.57. The van der Waals surface area contributed by atoms with Gasteiger partial charge in [-0.15, -0.1) is 11.8 Å². The molecule has 0 radical (unpaired) electrons. The summed E-state index contributed by atoms with van der Waals surface area (Å²) in [6.45, 7) is 2.11. The van der Waals surface area contributed by atoms with Gasteiger partial charge in [0.25, 0.3) is 0 Å². The Morgan fingerprint density at radius 3 is 3.00 bits per heavy atom. The molecule has 0 saturated heterocycles. The quantitative estimate of drug-likeness (QED) is 0.796. The Hall–Kier alpha value is -1.40. The maximum absolute atomic E-state index is 13.0. The molecule has 0 aliphatic heterocycles.